The molecule has 2 saturated heterocycles. The maximum Gasteiger partial charge on any atom is 0.317 e. The minimum atomic E-state index is -1.07. The lowest BCUT2D eigenvalue weighted by atomic mass is 9.90. The highest BCUT2D eigenvalue weighted by Gasteiger charge is 2.41. The van der Waals surface area contributed by atoms with Gasteiger partial charge < -0.3 is 51.0 Å². The number of amides is 3. The van der Waals surface area contributed by atoms with Crippen LogP contribution in [0.4, 0.5) is 0 Å². The molecule has 0 aromatic rings. The molecule has 0 radical (unpaired) electrons. The first-order chi connectivity index (χ1) is 24.6. The molecule has 0 aliphatic carbocycles. The van der Waals surface area contributed by atoms with Gasteiger partial charge in [0.05, 0.1) is 45.0 Å². The third kappa shape index (κ3) is 16.4. The first-order valence-electron chi connectivity index (χ1n) is 17.6. The van der Waals surface area contributed by atoms with Crippen LogP contribution in [0.2, 0.25) is 0 Å². The lowest BCUT2D eigenvalue weighted by Gasteiger charge is -2.41. The number of aliphatic carboxylic acids is 3. The molecule has 2 heterocycles. The summed E-state index contributed by atoms with van der Waals surface area (Å²) in [6.45, 7) is 4.34. The fraction of sp³-hybridized carbons (Fsp3) is 0.812. The molecule has 20 heteroatoms. The van der Waals surface area contributed by atoms with Gasteiger partial charge >= 0.3 is 17.9 Å². The fourth-order valence-corrected chi connectivity index (χ4v) is 6.00. The van der Waals surface area contributed by atoms with E-state index in [1.54, 1.807) is 26.5 Å². The number of rotatable bonds is 18. The largest absolute Gasteiger partial charge is 0.480 e. The van der Waals surface area contributed by atoms with Gasteiger partial charge in [-0.15, -0.1) is 0 Å². The number of carbonyl (C=O) groups is 6. The molecule has 2 aliphatic heterocycles. The molecule has 20 nitrogen and oxygen atoms in total. The number of hydrogen-bond acceptors (Lipinski definition) is 14. The summed E-state index contributed by atoms with van der Waals surface area (Å²) in [4.78, 5) is 79.5. The van der Waals surface area contributed by atoms with E-state index in [1.807, 2.05) is 6.92 Å². The smallest absolute Gasteiger partial charge is 0.317 e. The van der Waals surface area contributed by atoms with E-state index in [0.717, 1.165) is 0 Å². The van der Waals surface area contributed by atoms with Crippen LogP contribution in [-0.2, 0) is 38.2 Å². The first-order valence-corrected chi connectivity index (χ1v) is 17.6. The van der Waals surface area contributed by atoms with Crippen molar-refractivity contribution in [3.8, 4) is 0 Å². The molecule has 0 spiro atoms. The van der Waals surface area contributed by atoms with Crippen molar-refractivity contribution in [3.05, 3.63) is 0 Å². The van der Waals surface area contributed by atoms with Gasteiger partial charge in [-0.25, -0.2) is 0 Å². The quantitative estimate of drug-likeness (QED) is 0.0623. The van der Waals surface area contributed by atoms with Crippen LogP contribution in [-0.4, -0.2) is 210 Å². The standard InChI is InChI=1S/C32H57N7O13/c1-4-23-29(48)21(2)30(49)32(52-23)51-16-7-34-24(40)6-5-22(31(50)33-3)35-25(41)17-36-8-10-37(18-26(42)43)12-14-39(20-28(46)47)15-13-38(11-9-36)19-27(44)45/h21-23,29-30,32,48-49H,4-20H2,1-3H3,(H,33,50)(H,34,40)(H,35,41)(H,42,43)(H,44,45)(H,46,47)/t21?,22-,23?,29?,30?,32?/m1/s1. The van der Waals surface area contributed by atoms with Crippen LogP contribution in [0.1, 0.15) is 33.1 Å². The Balaban J connectivity index is 1.97. The second-order valence-corrected chi connectivity index (χ2v) is 13.1. The molecule has 0 aromatic carbocycles. The van der Waals surface area contributed by atoms with E-state index in [2.05, 4.69) is 16.0 Å². The van der Waals surface area contributed by atoms with Crippen LogP contribution in [0.5, 0.6) is 0 Å². The molecular formula is C32H57N7O13. The van der Waals surface area contributed by atoms with Crippen molar-refractivity contribution in [2.75, 3.05) is 98.7 Å². The van der Waals surface area contributed by atoms with Crippen LogP contribution in [0.25, 0.3) is 0 Å². The van der Waals surface area contributed by atoms with E-state index in [4.69, 9.17) is 9.47 Å². The van der Waals surface area contributed by atoms with Gasteiger partial charge in [-0.1, -0.05) is 13.8 Å². The molecule has 2 fully saturated rings. The summed E-state index contributed by atoms with van der Waals surface area (Å²) < 4.78 is 11.2. The zero-order chi connectivity index (χ0) is 38.8. The Labute approximate surface area is 303 Å². The summed E-state index contributed by atoms with van der Waals surface area (Å²) in [6.07, 6.45) is -2.92. The molecule has 52 heavy (non-hydrogen) atoms. The zero-order valence-corrected chi connectivity index (χ0v) is 30.3. The van der Waals surface area contributed by atoms with Gasteiger partial charge in [-0.05, 0) is 12.8 Å². The number of nitrogens with one attached hydrogen (secondary N) is 3. The molecule has 6 atom stereocenters. The molecule has 5 unspecified atom stereocenters. The monoisotopic (exact) mass is 747 g/mol. The number of carboxylic acid groups (broad SMARTS) is 3. The van der Waals surface area contributed by atoms with Gasteiger partial charge in [0.15, 0.2) is 6.29 Å². The number of aliphatic hydroxyl groups is 2. The molecule has 2 rings (SSSR count). The van der Waals surface area contributed by atoms with Crippen molar-refractivity contribution in [1.82, 2.24) is 35.6 Å². The Bertz CT molecular complexity index is 1150. The first kappa shape index (κ1) is 44.7. The number of hydrogen-bond donors (Lipinski definition) is 8. The highest BCUT2D eigenvalue weighted by molar-refractivity contribution is 5.88. The van der Waals surface area contributed by atoms with Gasteiger partial charge in [0.1, 0.15) is 12.1 Å². The number of ether oxygens (including phenoxy) is 2. The van der Waals surface area contributed by atoms with E-state index < -0.39 is 72.2 Å². The summed E-state index contributed by atoms with van der Waals surface area (Å²) in [5, 5.41) is 56.6. The average molecular weight is 748 g/mol. The van der Waals surface area contributed by atoms with E-state index in [1.165, 1.54) is 7.05 Å². The molecule has 298 valence electrons. The maximum absolute atomic E-state index is 13.2. The van der Waals surface area contributed by atoms with Crippen LogP contribution in [0, 0.1) is 5.92 Å². The van der Waals surface area contributed by atoms with E-state index in [0.29, 0.717) is 6.42 Å². The predicted molar refractivity (Wildman–Crippen MR) is 183 cm³/mol. The Morgan fingerprint density at radius 3 is 1.63 bits per heavy atom. The average Bonchev–Trinajstić information content (AvgIpc) is 3.08. The number of carboxylic acids is 3. The minimum Gasteiger partial charge on any atom is -0.480 e. The van der Waals surface area contributed by atoms with Crippen molar-refractivity contribution in [2.45, 2.75) is 63.8 Å². The lowest BCUT2D eigenvalue weighted by molar-refractivity contribution is -0.282. The number of carbonyl (C=O) groups excluding carboxylic acids is 3. The van der Waals surface area contributed by atoms with Crippen molar-refractivity contribution >= 4 is 35.6 Å². The van der Waals surface area contributed by atoms with Crippen LogP contribution in [0.15, 0.2) is 0 Å². The Morgan fingerprint density at radius 1 is 0.750 bits per heavy atom. The molecule has 0 bridgehead atoms. The van der Waals surface area contributed by atoms with Gasteiger partial charge in [-0.2, -0.15) is 0 Å². The SMILES string of the molecule is CCC1OC(OCCNC(=O)CC[C@@H](NC(=O)CN2CCN(CC(=O)O)CCN(CC(=O)O)CCN(CC(=O)O)CC2)C(=O)NC)C(O)C(C)C1O. The van der Waals surface area contributed by atoms with Crippen LogP contribution >= 0.6 is 0 Å². The second-order valence-electron chi connectivity index (χ2n) is 13.1. The normalized spacial score (nSPS) is 25.2. The van der Waals surface area contributed by atoms with Crippen molar-refractivity contribution < 1.29 is 63.8 Å². The number of aliphatic hydroxyl groups excluding tert-OH is 2. The Kier molecular flexibility index (Phi) is 19.9. The van der Waals surface area contributed by atoms with E-state index in [-0.39, 0.29) is 105 Å². The molecule has 3 amide bonds. The third-order valence-corrected chi connectivity index (χ3v) is 9.09. The molecule has 0 aromatic heterocycles. The summed E-state index contributed by atoms with van der Waals surface area (Å²) in [5.41, 5.74) is 0. The zero-order valence-electron chi connectivity index (χ0n) is 30.3. The molecule has 8 N–H and O–H groups in total. The second kappa shape index (κ2) is 23.2. The van der Waals surface area contributed by atoms with Crippen molar-refractivity contribution in [3.63, 3.8) is 0 Å². The van der Waals surface area contributed by atoms with Gasteiger partial charge in [0, 0.05) is 78.3 Å². The third-order valence-electron chi connectivity index (χ3n) is 9.09. The van der Waals surface area contributed by atoms with Crippen LogP contribution in [0.3, 0.4) is 0 Å². The Morgan fingerprint density at radius 2 is 1.21 bits per heavy atom. The highest BCUT2D eigenvalue weighted by Crippen LogP contribution is 2.28. The summed E-state index contributed by atoms with van der Waals surface area (Å²) in [5.74, 6) is -5.13. The number of likely N-dealkylation sites (N-methyl/N-ethyl adjacent to an activating group) is 1. The fourth-order valence-electron chi connectivity index (χ4n) is 6.00. The van der Waals surface area contributed by atoms with E-state index in [9.17, 15) is 54.3 Å². The minimum absolute atomic E-state index is 0.0204. The maximum atomic E-state index is 13.2. The van der Waals surface area contributed by atoms with Crippen molar-refractivity contribution in [2.24, 2.45) is 5.92 Å². The lowest BCUT2D eigenvalue weighted by Crippen LogP contribution is -2.54. The number of nitrogens with zero attached hydrogens (tertiary/aromatic N) is 4. The molecule has 2 aliphatic rings. The predicted octanol–water partition coefficient (Wildman–Crippen LogP) is -3.90. The van der Waals surface area contributed by atoms with Crippen LogP contribution < -0.4 is 16.0 Å². The molecule has 0 saturated carbocycles. The topological polar surface area (TPSA) is 271 Å². The van der Waals surface area contributed by atoms with Crippen molar-refractivity contribution in [1.29, 1.82) is 0 Å². The molecular weight excluding hydrogens is 690 g/mol. The highest BCUT2D eigenvalue weighted by atomic mass is 16.7. The summed E-state index contributed by atoms with van der Waals surface area (Å²) >= 11 is 0. The summed E-state index contributed by atoms with van der Waals surface area (Å²) in [6, 6.07) is -1.05. The van der Waals surface area contributed by atoms with Gasteiger partial charge in [-0.3, -0.25) is 48.4 Å². The van der Waals surface area contributed by atoms with Gasteiger partial charge in [0.2, 0.25) is 17.7 Å². The van der Waals surface area contributed by atoms with E-state index >= 15 is 0 Å². The summed E-state index contributed by atoms with van der Waals surface area (Å²) in [7, 11) is 1.39. The Hall–Kier alpha value is -3.50. The van der Waals surface area contributed by atoms with Gasteiger partial charge in [0.25, 0.3) is 0 Å².